The van der Waals surface area contributed by atoms with Crippen LogP contribution in [0.3, 0.4) is 0 Å². The number of aliphatic hydroxyl groups excluding tert-OH is 2. The Morgan fingerprint density at radius 2 is 2.17 bits per heavy atom. The monoisotopic (exact) mass is 332 g/mol. The van der Waals surface area contributed by atoms with Gasteiger partial charge in [-0.15, -0.1) is 0 Å². The highest BCUT2D eigenvalue weighted by Gasteiger charge is 2.44. The third-order valence-electron chi connectivity index (χ3n) is 4.21. The molecular formula is C19H24O5. The van der Waals surface area contributed by atoms with Crippen molar-refractivity contribution in [2.24, 2.45) is 5.92 Å². The van der Waals surface area contributed by atoms with E-state index in [0.29, 0.717) is 23.3 Å². The third-order valence-corrected chi connectivity index (χ3v) is 4.21. The van der Waals surface area contributed by atoms with E-state index in [0.717, 1.165) is 5.57 Å². The van der Waals surface area contributed by atoms with Crippen molar-refractivity contribution in [2.45, 2.75) is 38.9 Å². The molecule has 0 aromatic heterocycles. The number of fused-ring (bicyclic) bond motifs is 1. The fourth-order valence-electron chi connectivity index (χ4n) is 2.63. The minimum absolute atomic E-state index is 0.158. The molecule has 130 valence electrons. The highest BCUT2D eigenvalue weighted by atomic mass is 16.5. The Kier molecular flexibility index (Phi) is 5.59. The molecule has 0 spiro atoms. The number of hydrogen-bond acceptors (Lipinski definition) is 5. The molecule has 0 amide bonds. The molecule has 0 radical (unpaired) electrons. The zero-order valence-corrected chi connectivity index (χ0v) is 14.2. The normalized spacial score (nSPS) is 28.8. The summed E-state index contributed by atoms with van der Waals surface area (Å²) >= 11 is 0. The van der Waals surface area contributed by atoms with E-state index in [1.54, 1.807) is 12.2 Å². The molecule has 5 heteroatoms. The van der Waals surface area contributed by atoms with Crippen LogP contribution in [-0.4, -0.2) is 39.4 Å². The van der Waals surface area contributed by atoms with Gasteiger partial charge < -0.3 is 20.1 Å². The largest absolute Gasteiger partial charge is 0.465 e. The van der Waals surface area contributed by atoms with Gasteiger partial charge >= 0.3 is 0 Å². The average Bonchev–Trinajstić information content (AvgIpc) is 2.51. The van der Waals surface area contributed by atoms with E-state index in [4.69, 9.17) is 9.84 Å². The number of ketones is 1. The van der Waals surface area contributed by atoms with Crippen molar-refractivity contribution < 1.29 is 24.9 Å². The average molecular weight is 332 g/mol. The van der Waals surface area contributed by atoms with Crippen LogP contribution in [0.25, 0.3) is 0 Å². The maximum atomic E-state index is 11.9. The van der Waals surface area contributed by atoms with Gasteiger partial charge in [-0.2, -0.15) is 0 Å². The summed E-state index contributed by atoms with van der Waals surface area (Å²) in [7, 11) is 0. The molecule has 1 heterocycles. The highest BCUT2D eigenvalue weighted by Crippen LogP contribution is 2.34. The fourth-order valence-corrected chi connectivity index (χ4v) is 2.63. The molecular weight excluding hydrogens is 308 g/mol. The van der Waals surface area contributed by atoms with Gasteiger partial charge in [-0.05, 0) is 50.0 Å². The van der Waals surface area contributed by atoms with E-state index in [-0.39, 0.29) is 12.5 Å². The van der Waals surface area contributed by atoms with Gasteiger partial charge in [-0.25, -0.2) is 0 Å². The van der Waals surface area contributed by atoms with Crippen molar-refractivity contribution in [1.82, 2.24) is 0 Å². The Labute approximate surface area is 142 Å². The quantitative estimate of drug-likeness (QED) is 0.670. The Bertz CT molecular complexity index is 661. The van der Waals surface area contributed by atoms with Gasteiger partial charge in [0.1, 0.15) is 11.9 Å². The zero-order chi connectivity index (χ0) is 17.9. The van der Waals surface area contributed by atoms with Crippen molar-refractivity contribution in [3.8, 4) is 0 Å². The number of allylic oxidation sites excluding steroid dienone is 5. The van der Waals surface area contributed by atoms with Crippen LogP contribution in [0.5, 0.6) is 0 Å². The predicted molar refractivity (Wildman–Crippen MR) is 90.7 cm³/mol. The van der Waals surface area contributed by atoms with Gasteiger partial charge in [-0.3, -0.25) is 4.79 Å². The number of carbonyl (C=O) groups excluding carboxylic acids is 1. The molecule has 0 aromatic rings. The number of ether oxygens (including phenoxy) is 1. The van der Waals surface area contributed by atoms with Gasteiger partial charge in [0.15, 0.2) is 11.4 Å². The smallest absolute Gasteiger partial charge is 0.190 e. The van der Waals surface area contributed by atoms with E-state index in [1.807, 2.05) is 19.9 Å². The summed E-state index contributed by atoms with van der Waals surface area (Å²) in [5, 5.41) is 29.1. The standard InChI is InChI=1S/C19H24O5/c1-12(8-13(2)6-7-20)4-5-15-9-14-10-17(21)19(3,23)18(22)16(14)11-24-15/h4-5,8-11,13,18,20,22-23H,6-7H2,1-3H3/b5-4+,12-8+/t13-,18-,19+/m1/s1. The molecule has 2 aliphatic rings. The number of aliphatic hydroxyl groups is 3. The summed E-state index contributed by atoms with van der Waals surface area (Å²) in [4.78, 5) is 11.9. The molecule has 2 rings (SSSR count). The second-order valence-electron chi connectivity index (χ2n) is 6.49. The molecule has 0 fully saturated rings. The molecule has 0 aromatic carbocycles. The lowest BCUT2D eigenvalue weighted by molar-refractivity contribution is -0.140. The lowest BCUT2D eigenvalue weighted by Crippen LogP contribution is -2.50. The molecule has 1 aliphatic heterocycles. The molecule has 0 saturated heterocycles. The van der Waals surface area contributed by atoms with Crippen molar-refractivity contribution in [2.75, 3.05) is 6.61 Å². The summed E-state index contributed by atoms with van der Waals surface area (Å²) in [6.07, 6.45) is 9.46. The first-order valence-electron chi connectivity index (χ1n) is 7.98. The lowest BCUT2D eigenvalue weighted by Gasteiger charge is -2.34. The molecule has 0 saturated carbocycles. The van der Waals surface area contributed by atoms with Crippen LogP contribution in [0.15, 0.2) is 59.1 Å². The summed E-state index contributed by atoms with van der Waals surface area (Å²) in [6, 6.07) is 0. The Hall–Kier alpha value is -1.95. The third kappa shape index (κ3) is 3.93. The molecule has 24 heavy (non-hydrogen) atoms. The number of hydrogen-bond donors (Lipinski definition) is 3. The Morgan fingerprint density at radius 3 is 2.83 bits per heavy atom. The van der Waals surface area contributed by atoms with Gasteiger partial charge in [0.2, 0.25) is 0 Å². The summed E-state index contributed by atoms with van der Waals surface area (Å²) < 4.78 is 5.47. The first-order valence-corrected chi connectivity index (χ1v) is 7.98. The van der Waals surface area contributed by atoms with Gasteiger partial charge in [-0.1, -0.05) is 24.6 Å². The maximum absolute atomic E-state index is 11.9. The van der Waals surface area contributed by atoms with Crippen LogP contribution in [0, 0.1) is 5.92 Å². The molecule has 5 nitrogen and oxygen atoms in total. The first kappa shape index (κ1) is 18.4. The molecule has 1 aliphatic carbocycles. The Morgan fingerprint density at radius 1 is 1.46 bits per heavy atom. The second-order valence-corrected chi connectivity index (χ2v) is 6.49. The molecule has 0 bridgehead atoms. The van der Waals surface area contributed by atoms with Crippen molar-refractivity contribution in [3.63, 3.8) is 0 Å². The van der Waals surface area contributed by atoms with Crippen LogP contribution >= 0.6 is 0 Å². The van der Waals surface area contributed by atoms with Crippen molar-refractivity contribution in [1.29, 1.82) is 0 Å². The fraction of sp³-hybridized carbons (Fsp3) is 0.421. The van der Waals surface area contributed by atoms with Crippen LogP contribution in [0.4, 0.5) is 0 Å². The van der Waals surface area contributed by atoms with Crippen LogP contribution < -0.4 is 0 Å². The van der Waals surface area contributed by atoms with E-state index in [1.165, 1.54) is 19.3 Å². The van der Waals surface area contributed by atoms with Gasteiger partial charge in [0, 0.05) is 12.2 Å². The molecule has 3 N–H and O–H groups in total. The van der Waals surface area contributed by atoms with E-state index in [9.17, 15) is 15.0 Å². The molecule has 0 unspecified atom stereocenters. The Balaban J connectivity index is 2.15. The van der Waals surface area contributed by atoms with E-state index in [2.05, 4.69) is 6.08 Å². The summed E-state index contributed by atoms with van der Waals surface area (Å²) in [6.45, 7) is 5.43. The number of carbonyl (C=O) groups is 1. The zero-order valence-electron chi connectivity index (χ0n) is 14.2. The minimum atomic E-state index is -1.83. The van der Waals surface area contributed by atoms with E-state index >= 15 is 0 Å². The topological polar surface area (TPSA) is 87.0 Å². The summed E-state index contributed by atoms with van der Waals surface area (Å²) in [5.74, 6) is 0.287. The van der Waals surface area contributed by atoms with Crippen LogP contribution in [0.2, 0.25) is 0 Å². The van der Waals surface area contributed by atoms with Crippen molar-refractivity contribution >= 4 is 5.78 Å². The maximum Gasteiger partial charge on any atom is 0.190 e. The number of rotatable bonds is 5. The lowest BCUT2D eigenvalue weighted by atomic mass is 9.79. The first-order chi connectivity index (χ1) is 11.3. The highest BCUT2D eigenvalue weighted by molar-refractivity contribution is 6.01. The molecule has 3 atom stereocenters. The van der Waals surface area contributed by atoms with Crippen LogP contribution in [-0.2, 0) is 9.53 Å². The van der Waals surface area contributed by atoms with Crippen molar-refractivity contribution in [3.05, 3.63) is 59.1 Å². The van der Waals surface area contributed by atoms with E-state index < -0.39 is 17.5 Å². The SMILES string of the molecule is CC(/C=C/C1=CC2=CC(=O)[C@](C)(O)[C@H](O)C2=CO1)=C\[C@H](C)CCO. The van der Waals surface area contributed by atoms with Gasteiger partial charge in [0.05, 0.1) is 6.26 Å². The second kappa shape index (κ2) is 7.30. The summed E-state index contributed by atoms with van der Waals surface area (Å²) in [5.41, 5.74) is 0.134. The van der Waals surface area contributed by atoms with Crippen LogP contribution in [0.1, 0.15) is 27.2 Å². The van der Waals surface area contributed by atoms with Gasteiger partial charge in [0.25, 0.3) is 0 Å². The minimum Gasteiger partial charge on any atom is -0.465 e. The predicted octanol–water partition coefficient (Wildman–Crippen LogP) is 1.93.